The molecule has 6 nitrogen and oxygen atoms in total. The molecule has 1 saturated heterocycles. The molecule has 0 radical (unpaired) electrons. The number of carbonyl (C=O) groups excluding carboxylic acids is 3. The van der Waals surface area contributed by atoms with Crippen LogP contribution in [-0.4, -0.2) is 28.4 Å². The fourth-order valence-corrected chi connectivity index (χ4v) is 2.28. The first kappa shape index (κ1) is 17.5. The summed E-state index contributed by atoms with van der Waals surface area (Å²) < 4.78 is 0. The monoisotopic (exact) mass is 297 g/mol. The van der Waals surface area contributed by atoms with E-state index in [9.17, 15) is 14.4 Å². The van der Waals surface area contributed by atoms with Gasteiger partial charge in [-0.05, 0) is 13.3 Å². The lowest BCUT2D eigenvalue weighted by Crippen LogP contribution is -2.49. The van der Waals surface area contributed by atoms with Crippen LogP contribution in [-0.2, 0) is 9.59 Å². The normalized spacial score (nSPS) is 21.9. The minimum absolute atomic E-state index is 0.286. The number of rotatable bonds is 8. The van der Waals surface area contributed by atoms with Crippen molar-refractivity contribution in [1.29, 1.82) is 0 Å². The Balaban J connectivity index is 2.56. The number of urea groups is 1. The van der Waals surface area contributed by atoms with E-state index >= 15 is 0 Å². The van der Waals surface area contributed by atoms with Crippen molar-refractivity contribution in [3.8, 4) is 0 Å². The molecule has 0 aromatic heterocycles. The Hall–Kier alpha value is -1.59. The van der Waals surface area contributed by atoms with Crippen molar-refractivity contribution in [1.82, 2.24) is 15.8 Å². The first-order chi connectivity index (χ1) is 9.81. The lowest BCUT2D eigenvalue weighted by molar-refractivity contribution is -0.140. The van der Waals surface area contributed by atoms with Gasteiger partial charge in [0, 0.05) is 5.92 Å². The van der Waals surface area contributed by atoms with Crippen LogP contribution in [0.3, 0.4) is 0 Å². The van der Waals surface area contributed by atoms with Crippen LogP contribution in [0.2, 0.25) is 0 Å². The second-order valence-corrected chi connectivity index (χ2v) is 6.20. The molecule has 0 saturated carbocycles. The van der Waals surface area contributed by atoms with Crippen LogP contribution in [0.4, 0.5) is 4.79 Å². The number of nitrogens with zero attached hydrogens (tertiary/aromatic N) is 1. The van der Waals surface area contributed by atoms with Crippen molar-refractivity contribution in [3.05, 3.63) is 0 Å². The van der Waals surface area contributed by atoms with Gasteiger partial charge in [0.05, 0.1) is 0 Å². The van der Waals surface area contributed by atoms with Crippen LogP contribution in [0.25, 0.3) is 0 Å². The molecular formula is C15H27N3O3. The molecule has 4 amide bonds. The number of hydrogen-bond donors (Lipinski definition) is 2. The van der Waals surface area contributed by atoms with E-state index in [1.807, 2.05) is 0 Å². The third kappa shape index (κ3) is 4.44. The Morgan fingerprint density at radius 1 is 1.24 bits per heavy atom. The van der Waals surface area contributed by atoms with E-state index in [0.717, 1.165) is 24.3 Å². The summed E-state index contributed by atoms with van der Waals surface area (Å²) in [7, 11) is 0. The smallest absolute Gasteiger partial charge is 0.322 e. The second kappa shape index (κ2) is 7.43. The molecule has 0 aliphatic carbocycles. The average Bonchev–Trinajstić information content (AvgIpc) is 2.62. The Morgan fingerprint density at radius 2 is 1.86 bits per heavy atom. The van der Waals surface area contributed by atoms with Crippen LogP contribution >= 0.6 is 0 Å². The van der Waals surface area contributed by atoms with Crippen molar-refractivity contribution < 1.29 is 14.4 Å². The van der Waals surface area contributed by atoms with Gasteiger partial charge < -0.3 is 5.32 Å². The Morgan fingerprint density at radius 3 is 2.43 bits per heavy atom. The quantitative estimate of drug-likeness (QED) is 0.533. The number of imide groups is 1. The van der Waals surface area contributed by atoms with Crippen LogP contribution in [0.15, 0.2) is 0 Å². The van der Waals surface area contributed by atoms with Gasteiger partial charge in [0.1, 0.15) is 5.54 Å². The largest absolute Gasteiger partial charge is 0.344 e. The molecule has 2 N–H and O–H groups in total. The number of amides is 4. The minimum atomic E-state index is -0.909. The maximum atomic E-state index is 12.3. The van der Waals surface area contributed by atoms with Gasteiger partial charge >= 0.3 is 6.03 Å². The van der Waals surface area contributed by atoms with E-state index in [4.69, 9.17) is 0 Å². The third-order valence-electron chi connectivity index (χ3n) is 3.79. The molecule has 1 aliphatic heterocycles. The van der Waals surface area contributed by atoms with Crippen LogP contribution in [0, 0.1) is 5.92 Å². The van der Waals surface area contributed by atoms with Gasteiger partial charge in [-0.25, -0.2) is 4.79 Å². The molecule has 0 aromatic rings. The maximum absolute atomic E-state index is 12.3. The summed E-state index contributed by atoms with van der Waals surface area (Å²) in [4.78, 5) is 35.9. The molecule has 21 heavy (non-hydrogen) atoms. The number of unbranched alkanes of at least 4 members (excludes halogenated alkanes) is 4. The first-order valence-electron chi connectivity index (χ1n) is 7.79. The number of nitrogens with one attached hydrogen (secondary N) is 2. The lowest BCUT2D eigenvalue weighted by atomic mass is 9.94. The Labute approximate surface area is 126 Å². The van der Waals surface area contributed by atoms with Crippen molar-refractivity contribution >= 4 is 17.8 Å². The van der Waals surface area contributed by atoms with Gasteiger partial charge in [0.15, 0.2) is 0 Å². The van der Waals surface area contributed by atoms with Gasteiger partial charge in [-0.15, -0.1) is 0 Å². The Kier molecular flexibility index (Phi) is 6.18. The average molecular weight is 297 g/mol. The van der Waals surface area contributed by atoms with Crippen molar-refractivity contribution in [2.45, 2.75) is 71.8 Å². The zero-order valence-corrected chi connectivity index (χ0v) is 13.5. The van der Waals surface area contributed by atoms with E-state index < -0.39 is 11.6 Å². The molecule has 0 unspecified atom stereocenters. The van der Waals surface area contributed by atoms with E-state index in [1.54, 1.807) is 20.8 Å². The van der Waals surface area contributed by atoms with Gasteiger partial charge in [0.25, 0.3) is 5.91 Å². The molecule has 1 atom stereocenters. The number of hydrogen-bond acceptors (Lipinski definition) is 3. The van der Waals surface area contributed by atoms with E-state index in [-0.39, 0.29) is 17.7 Å². The number of hydrazine groups is 1. The first-order valence-corrected chi connectivity index (χ1v) is 7.79. The highest BCUT2D eigenvalue weighted by Crippen LogP contribution is 2.23. The molecule has 1 rings (SSSR count). The Bertz CT molecular complexity index is 409. The molecule has 0 spiro atoms. The molecule has 1 fully saturated rings. The van der Waals surface area contributed by atoms with Gasteiger partial charge in [-0.1, -0.05) is 52.9 Å². The topological polar surface area (TPSA) is 78.5 Å². The van der Waals surface area contributed by atoms with E-state index in [1.165, 1.54) is 12.8 Å². The molecule has 1 aliphatic rings. The zero-order valence-electron chi connectivity index (χ0n) is 13.5. The minimum Gasteiger partial charge on any atom is -0.322 e. The number of carbonyl (C=O) groups is 3. The highest BCUT2D eigenvalue weighted by molar-refractivity contribution is 6.07. The van der Waals surface area contributed by atoms with Crippen LogP contribution in [0.5, 0.6) is 0 Å². The van der Waals surface area contributed by atoms with E-state index in [2.05, 4.69) is 17.7 Å². The van der Waals surface area contributed by atoms with E-state index in [0.29, 0.717) is 6.42 Å². The third-order valence-corrected chi connectivity index (χ3v) is 3.79. The molecule has 0 aromatic carbocycles. The highest BCUT2D eigenvalue weighted by Gasteiger charge is 2.48. The second-order valence-electron chi connectivity index (χ2n) is 6.20. The van der Waals surface area contributed by atoms with Gasteiger partial charge in [-0.2, -0.15) is 5.01 Å². The molecular weight excluding hydrogens is 270 g/mol. The van der Waals surface area contributed by atoms with Crippen molar-refractivity contribution in [3.63, 3.8) is 0 Å². The van der Waals surface area contributed by atoms with Gasteiger partial charge in [0.2, 0.25) is 5.91 Å². The van der Waals surface area contributed by atoms with Crippen molar-refractivity contribution in [2.24, 2.45) is 5.92 Å². The zero-order chi connectivity index (χ0) is 16.0. The van der Waals surface area contributed by atoms with Crippen LogP contribution < -0.4 is 10.7 Å². The molecule has 0 bridgehead atoms. The lowest BCUT2D eigenvalue weighted by Gasteiger charge is -2.21. The molecule has 1 heterocycles. The van der Waals surface area contributed by atoms with Crippen LogP contribution in [0.1, 0.15) is 66.2 Å². The maximum Gasteiger partial charge on any atom is 0.344 e. The highest BCUT2D eigenvalue weighted by atomic mass is 16.2. The summed E-state index contributed by atoms with van der Waals surface area (Å²) in [5.74, 6) is -1.01. The predicted molar refractivity (Wildman–Crippen MR) is 80.1 cm³/mol. The fraction of sp³-hybridized carbons (Fsp3) is 0.800. The molecule has 6 heteroatoms. The fourth-order valence-electron chi connectivity index (χ4n) is 2.28. The SMILES string of the molecule is CCCCCCC[C@]1(C)NC(=O)N(NC(=O)C(C)C)C1=O. The summed E-state index contributed by atoms with van der Waals surface area (Å²) in [6.45, 7) is 7.29. The summed E-state index contributed by atoms with van der Waals surface area (Å²) in [6.07, 6.45) is 6.02. The summed E-state index contributed by atoms with van der Waals surface area (Å²) >= 11 is 0. The molecule has 120 valence electrons. The summed E-state index contributed by atoms with van der Waals surface area (Å²) in [5.41, 5.74) is 1.47. The van der Waals surface area contributed by atoms with Gasteiger partial charge in [-0.3, -0.25) is 15.0 Å². The standard InChI is InChI=1S/C15H27N3O3/c1-5-6-7-8-9-10-15(4)13(20)18(14(21)16-15)17-12(19)11(2)3/h11H,5-10H2,1-4H3,(H,16,21)(H,17,19)/t15-/m0/s1. The van der Waals surface area contributed by atoms with Crippen molar-refractivity contribution in [2.75, 3.05) is 0 Å². The predicted octanol–water partition coefficient (Wildman–Crippen LogP) is 2.34. The summed E-state index contributed by atoms with van der Waals surface area (Å²) in [6, 6.07) is -0.551. The summed E-state index contributed by atoms with van der Waals surface area (Å²) in [5, 5.41) is 3.50.